The third-order valence-electron chi connectivity index (χ3n) is 0.919. The molecule has 0 bridgehead atoms. The SMILES string of the molecule is O=C1CSN(CO)C1. The number of aliphatic hydroxyl groups is 1. The van der Waals surface area contributed by atoms with Gasteiger partial charge in [0.2, 0.25) is 0 Å². The van der Waals surface area contributed by atoms with Crippen molar-refractivity contribution in [1.82, 2.24) is 4.31 Å². The van der Waals surface area contributed by atoms with Gasteiger partial charge in [-0.1, -0.05) is 11.9 Å². The highest BCUT2D eigenvalue weighted by Crippen LogP contribution is 2.14. The molecule has 0 atom stereocenters. The van der Waals surface area contributed by atoms with Crippen molar-refractivity contribution >= 4 is 17.7 Å². The second-order valence-electron chi connectivity index (χ2n) is 1.59. The Morgan fingerprint density at radius 3 is 2.88 bits per heavy atom. The van der Waals surface area contributed by atoms with Crippen LogP contribution in [0.1, 0.15) is 0 Å². The first-order chi connectivity index (χ1) is 3.83. The number of rotatable bonds is 1. The maximum Gasteiger partial charge on any atom is 0.159 e. The van der Waals surface area contributed by atoms with E-state index in [9.17, 15) is 4.79 Å². The van der Waals surface area contributed by atoms with E-state index < -0.39 is 0 Å². The third kappa shape index (κ3) is 1.21. The molecular formula is C4H7NO2S. The van der Waals surface area contributed by atoms with Crippen LogP contribution in [0.15, 0.2) is 0 Å². The lowest BCUT2D eigenvalue weighted by Crippen LogP contribution is -2.15. The molecule has 1 fully saturated rings. The summed E-state index contributed by atoms with van der Waals surface area (Å²) in [5.41, 5.74) is 0. The van der Waals surface area contributed by atoms with Gasteiger partial charge in [0.25, 0.3) is 0 Å². The fourth-order valence-electron chi connectivity index (χ4n) is 0.542. The molecule has 0 aromatic carbocycles. The van der Waals surface area contributed by atoms with E-state index >= 15 is 0 Å². The first-order valence-electron chi connectivity index (χ1n) is 2.33. The normalized spacial score (nSPS) is 22.4. The summed E-state index contributed by atoms with van der Waals surface area (Å²) in [6.45, 7) is 0.386. The molecule has 0 aliphatic carbocycles. The lowest BCUT2D eigenvalue weighted by molar-refractivity contribution is -0.116. The molecule has 4 heteroatoms. The van der Waals surface area contributed by atoms with Crippen molar-refractivity contribution in [2.45, 2.75) is 0 Å². The van der Waals surface area contributed by atoms with Crippen molar-refractivity contribution in [2.24, 2.45) is 0 Å². The number of carbonyl (C=O) groups is 1. The van der Waals surface area contributed by atoms with Gasteiger partial charge in [-0.25, -0.2) is 4.31 Å². The Kier molecular flexibility index (Phi) is 1.88. The van der Waals surface area contributed by atoms with Crippen LogP contribution >= 0.6 is 11.9 Å². The molecule has 0 spiro atoms. The summed E-state index contributed by atoms with van der Waals surface area (Å²) in [7, 11) is 0. The van der Waals surface area contributed by atoms with Crippen molar-refractivity contribution in [3.63, 3.8) is 0 Å². The predicted molar refractivity (Wildman–Crippen MR) is 31.3 cm³/mol. The minimum absolute atomic E-state index is 0.0175. The van der Waals surface area contributed by atoms with Gasteiger partial charge in [0.05, 0.1) is 12.3 Å². The lowest BCUT2D eigenvalue weighted by atomic mass is 10.4. The molecule has 0 amide bonds. The second kappa shape index (κ2) is 2.48. The Labute approximate surface area is 51.8 Å². The van der Waals surface area contributed by atoms with Crippen molar-refractivity contribution in [2.75, 3.05) is 19.0 Å². The highest BCUT2D eigenvalue weighted by molar-refractivity contribution is 7.98. The fraction of sp³-hybridized carbons (Fsp3) is 0.750. The predicted octanol–water partition coefficient (Wildman–Crippen LogP) is -0.531. The van der Waals surface area contributed by atoms with E-state index in [4.69, 9.17) is 5.11 Å². The summed E-state index contributed by atoms with van der Waals surface area (Å²) in [6, 6.07) is 0. The molecule has 1 aliphatic rings. The number of ketones is 1. The van der Waals surface area contributed by atoms with Gasteiger partial charge in [0.1, 0.15) is 6.73 Å². The van der Waals surface area contributed by atoms with Crippen LogP contribution in [-0.2, 0) is 4.79 Å². The molecule has 8 heavy (non-hydrogen) atoms. The molecule has 0 aromatic rings. The maximum absolute atomic E-state index is 10.4. The number of Topliss-reactive ketones (excluding diaryl/α,β-unsaturated/α-hetero) is 1. The number of hydrogen-bond donors (Lipinski definition) is 1. The Balaban J connectivity index is 2.32. The smallest absolute Gasteiger partial charge is 0.159 e. The third-order valence-corrected chi connectivity index (χ3v) is 1.98. The van der Waals surface area contributed by atoms with Crippen LogP contribution in [0.3, 0.4) is 0 Å². The van der Waals surface area contributed by atoms with Gasteiger partial charge in [-0.2, -0.15) is 0 Å². The summed E-state index contributed by atoms with van der Waals surface area (Å²) in [5.74, 6) is 0.727. The van der Waals surface area contributed by atoms with E-state index in [0.29, 0.717) is 12.3 Å². The second-order valence-corrected chi connectivity index (χ2v) is 2.66. The zero-order valence-electron chi connectivity index (χ0n) is 4.33. The summed E-state index contributed by atoms with van der Waals surface area (Å²) in [6.07, 6.45) is 0. The number of carbonyl (C=O) groups excluding carboxylic acids is 1. The van der Waals surface area contributed by atoms with Crippen molar-refractivity contribution < 1.29 is 9.90 Å². The topological polar surface area (TPSA) is 40.5 Å². The highest BCUT2D eigenvalue weighted by atomic mass is 32.2. The van der Waals surface area contributed by atoms with Gasteiger partial charge in [-0.3, -0.25) is 4.79 Å². The fourth-order valence-corrected chi connectivity index (χ4v) is 1.28. The first kappa shape index (κ1) is 6.07. The molecule has 1 heterocycles. The summed E-state index contributed by atoms with van der Waals surface area (Å²) >= 11 is 1.38. The van der Waals surface area contributed by atoms with E-state index in [1.165, 1.54) is 11.9 Å². The number of nitrogens with zero attached hydrogens (tertiary/aromatic N) is 1. The van der Waals surface area contributed by atoms with Crippen LogP contribution < -0.4 is 0 Å². The summed E-state index contributed by atoms with van der Waals surface area (Å²) < 4.78 is 1.63. The molecule has 0 saturated carbocycles. The molecule has 1 rings (SSSR count). The van der Waals surface area contributed by atoms with Crippen LogP contribution in [0.5, 0.6) is 0 Å². The molecule has 1 N–H and O–H groups in total. The molecule has 1 saturated heterocycles. The first-order valence-corrected chi connectivity index (χ1v) is 3.27. The quantitative estimate of drug-likeness (QED) is 0.488. The molecule has 1 aliphatic heterocycles. The van der Waals surface area contributed by atoms with Crippen LogP contribution in [0.25, 0.3) is 0 Å². The minimum atomic E-state index is -0.0175. The van der Waals surface area contributed by atoms with E-state index in [2.05, 4.69) is 0 Å². The molecule has 0 unspecified atom stereocenters. The zero-order valence-corrected chi connectivity index (χ0v) is 5.15. The van der Waals surface area contributed by atoms with Gasteiger partial charge >= 0.3 is 0 Å². The van der Waals surface area contributed by atoms with Crippen LogP contribution in [0, 0.1) is 0 Å². The van der Waals surface area contributed by atoms with Crippen molar-refractivity contribution in [3.05, 3.63) is 0 Å². The molecule has 3 nitrogen and oxygen atoms in total. The Bertz CT molecular complexity index is 106. The molecule has 0 aromatic heterocycles. The lowest BCUT2D eigenvalue weighted by Gasteiger charge is -2.04. The van der Waals surface area contributed by atoms with Crippen molar-refractivity contribution in [1.29, 1.82) is 0 Å². The molecular weight excluding hydrogens is 126 g/mol. The molecule has 46 valence electrons. The summed E-state index contributed by atoms with van der Waals surface area (Å²) in [4.78, 5) is 10.4. The minimum Gasteiger partial charge on any atom is -0.380 e. The largest absolute Gasteiger partial charge is 0.380 e. The summed E-state index contributed by atoms with van der Waals surface area (Å²) in [5, 5.41) is 8.44. The average Bonchev–Trinajstić information content (AvgIpc) is 2.14. The van der Waals surface area contributed by atoms with Gasteiger partial charge in [-0.15, -0.1) is 0 Å². The zero-order chi connectivity index (χ0) is 5.98. The Morgan fingerprint density at radius 1 is 1.88 bits per heavy atom. The van der Waals surface area contributed by atoms with Crippen LogP contribution in [-0.4, -0.2) is 34.2 Å². The van der Waals surface area contributed by atoms with Crippen LogP contribution in [0.2, 0.25) is 0 Å². The van der Waals surface area contributed by atoms with Gasteiger partial charge in [0, 0.05) is 0 Å². The number of hydrogen-bond acceptors (Lipinski definition) is 4. The number of aliphatic hydroxyl groups excluding tert-OH is 1. The monoisotopic (exact) mass is 133 g/mol. The van der Waals surface area contributed by atoms with Crippen LogP contribution in [0.4, 0.5) is 0 Å². The van der Waals surface area contributed by atoms with Gasteiger partial charge in [-0.05, 0) is 0 Å². The van der Waals surface area contributed by atoms with Gasteiger partial charge < -0.3 is 5.11 Å². The Hall–Kier alpha value is -0.0600. The Morgan fingerprint density at radius 2 is 2.62 bits per heavy atom. The maximum atomic E-state index is 10.4. The van der Waals surface area contributed by atoms with Crippen molar-refractivity contribution in [3.8, 4) is 0 Å². The standard InChI is InChI=1S/C4H7NO2S/c6-3-5-1-4(7)2-8-5/h6H,1-3H2. The van der Waals surface area contributed by atoms with E-state index in [1.807, 2.05) is 0 Å². The molecule has 0 radical (unpaired) electrons. The van der Waals surface area contributed by atoms with E-state index in [-0.39, 0.29) is 12.5 Å². The average molecular weight is 133 g/mol. The highest BCUT2D eigenvalue weighted by Gasteiger charge is 2.18. The van der Waals surface area contributed by atoms with E-state index in [0.717, 1.165) is 0 Å². The van der Waals surface area contributed by atoms with E-state index in [1.54, 1.807) is 4.31 Å². The van der Waals surface area contributed by atoms with Gasteiger partial charge in [0.15, 0.2) is 5.78 Å².